The lowest BCUT2D eigenvalue weighted by Gasteiger charge is -2.62. The second-order valence-corrected chi connectivity index (χ2v) is 18.8. The van der Waals surface area contributed by atoms with E-state index in [-0.39, 0.29) is 23.7 Å². The number of Topliss-reactive ketones (excluding diaryl/α,β-unsaturated/α-hetero) is 2. The van der Waals surface area contributed by atoms with Gasteiger partial charge in [-0.2, -0.15) is 0 Å². The molecule has 0 amide bonds. The highest BCUT2D eigenvalue weighted by atomic mass is 127. The number of aliphatic hydroxyl groups is 2. The molecule has 5 fully saturated rings. The van der Waals surface area contributed by atoms with Gasteiger partial charge in [0.1, 0.15) is 20.5 Å². The third-order valence-corrected chi connectivity index (χ3v) is 16.8. The van der Waals surface area contributed by atoms with Crippen LogP contribution in [0.25, 0.3) is 11.1 Å². The SMILES string of the molecule is CCN(CC1CC1)C1Cc2ccc(-c3ccc4c5c3OC3C(=O)CC[C@@]6(O)[C@@H](C4)N(CC4CC4)CC[C@]536)c3c2[C@@]2(I)C(O3)C(=O)CC[C@@]12O. The van der Waals surface area contributed by atoms with Crippen LogP contribution in [0.5, 0.6) is 11.5 Å². The summed E-state index contributed by atoms with van der Waals surface area (Å²) in [5.74, 6) is 2.94. The van der Waals surface area contributed by atoms with Crippen molar-refractivity contribution in [1.29, 1.82) is 0 Å². The summed E-state index contributed by atoms with van der Waals surface area (Å²) in [7, 11) is 0. The first kappa shape index (κ1) is 30.6. The number of halogens is 1. The fourth-order valence-electron chi connectivity index (χ4n) is 12.0. The highest BCUT2D eigenvalue weighted by molar-refractivity contribution is 14.1. The first-order chi connectivity index (χ1) is 23.6. The van der Waals surface area contributed by atoms with Crippen LogP contribution in [0.15, 0.2) is 24.3 Å². The maximum atomic E-state index is 13.8. The van der Waals surface area contributed by atoms with Crippen molar-refractivity contribution in [2.24, 2.45) is 11.8 Å². The molecule has 11 rings (SSSR count). The van der Waals surface area contributed by atoms with Gasteiger partial charge >= 0.3 is 0 Å². The van der Waals surface area contributed by atoms with Gasteiger partial charge in [-0.05, 0) is 93.8 Å². The Morgan fingerprint density at radius 1 is 0.837 bits per heavy atom. The molecule has 4 saturated carbocycles. The number of nitrogens with zero attached hydrogens (tertiary/aromatic N) is 2. The predicted octanol–water partition coefficient (Wildman–Crippen LogP) is 4.63. The highest BCUT2D eigenvalue weighted by Gasteiger charge is 2.74. The largest absolute Gasteiger partial charge is 0.481 e. The molecule has 3 unspecified atom stereocenters. The average molecular weight is 777 g/mol. The zero-order chi connectivity index (χ0) is 33.2. The van der Waals surface area contributed by atoms with E-state index in [0.29, 0.717) is 55.9 Å². The van der Waals surface area contributed by atoms with E-state index in [1.807, 2.05) is 0 Å². The van der Waals surface area contributed by atoms with Gasteiger partial charge in [0.15, 0.2) is 23.8 Å². The van der Waals surface area contributed by atoms with Crippen LogP contribution in [0, 0.1) is 11.8 Å². The Bertz CT molecular complexity index is 1860. The third-order valence-electron chi connectivity index (χ3n) is 14.8. The molecule has 2 aromatic rings. The Morgan fingerprint density at radius 3 is 2.16 bits per heavy atom. The Kier molecular flexibility index (Phi) is 6.16. The molecule has 3 heterocycles. The van der Waals surface area contributed by atoms with E-state index in [0.717, 1.165) is 66.3 Å². The number of rotatable bonds is 7. The van der Waals surface area contributed by atoms with Crippen molar-refractivity contribution in [2.45, 2.75) is 122 Å². The maximum Gasteiger partial charge on any atom is 0.178 e. The van der Waals surface area contributed by atoms with Crippen LogP contribution < -0.4 is 9.47 Å². The summed E-state index contributed by atoms with van der Waals surface area (Å²) in [5.41, 5.74) is 3.13. The van der Waals surface area contributed by atoms with Gasteiger partial charge in [0, 0.05) is 60.3 Å². The van der Waals surface area contributed by atoms with E-state index >= 15 is 0 Å². The molecule has 0 radical (unpaired) electrons. The van der Waals surface area contributed by atoms with Gasteiger partial charge in [-0.15, -0.1) is 0 Å². The van der Waals surface area contributed by atoms with Gasteiger partial charge < -0.3 is 19.7 Å². The smallest absolute Gasteiger partial charge is 0.178 e. The first-order valence-electron chi connectivity index (χ1n) is 19.0. The summed E-state index contributed by atoms with van der Waals surface area (Å²) < 4.78 is 12.8. The third kappa shape index (κ3) is 3.65. The molecule has 8 nitrogen and oxygen atoms in total. The number of hydrogen-bond donors (Lipinski definition) is 2. The van der Waals surface area contributed by atoms with Crippen LogP contribution in [0.4, 0.5) is 0 Å². The van der Waals surface area contributed by atoms with Crippen molar-refractivity contribution in [3.8, 4) is 22.6 Å². The van der Waals surface area contributed by atoms with Gasteiger partial charge in [0.2, 0.25) is 0 Å². The molecule has 2 aromatic carbocycles. The van der Waals surface area contributed by atoms with Crippen LogP contribution in [-0.2, 0) is 31.3 Å². The topological polar surface area (TPSA) is 99.5 Å². The molecule has 2 bridgehead atoms. The lowest BCUT2D eigenvalue weighted by molar-refractivity contribution is -0.188. The number of ketones is 2. The standard InChI is InChI=1S/C40H45IN2O6/c1-2-42(19-21-3-4-21)30-18-24-8-10-26(34-32(24)40(41)36(49-34)28(45)12-14-39(30,40)47)25-9-7-23-17-29-38(46)13-11-27(44)35-37(38,31(23)33(25)48-35)15-16-43(29)20-22-5-6-22/h7-10,21-22,29-30,35-36,46-47H,2-6,11-20H2,1H3/t29-,30?,35?,36?,37+,38-,39-,40-/m1/s1. The lowest BCUT2D eigenvalue weighted by Crippen LogP contribution is -2.76. The fourth-order valence-corrected chi connectivity index (χ4v) is 13.7. The van der Waals surface area contributed by atoms with Crippen LogP contribution in [0.3, 0.4) is 0 Å². The van der Waals surface area contributed by atoms with Crippen molar-refractivity contribution >= 4 is 34.2 Å². The van der Waals surface area contributed by atoms with E-state index in [1.54, 1.807) is 0 Å². The number of alkyl halides is 1. The van der Waals surface area contributed by atoms with Crippen molar-refractivity contribution < 1.29 is 29.3 Å². The zero-order valence-corrected chi connectivity index (χ0v) is 30.3. The number of carbonyl (C=O) groups excluding carboxylic acids is 2. The Balaban J connectivity index is 1.07. The van der Waals surface area contributed by atoms with Gasteiger partial charge in [-0.3, -0.25) is 19.4 Å². The molecule has 3 aliphatic heterocycles. The highest BCUT2D eigenvalue weighted by Crippen LogP contribution is 2.68. The van der Waals surface area contributed by atoms with E-state index in [2.05, 4.69) is 63.6 Å². The number of ether oxygens (including phenoxy) is 2. The molecule has 2 N–H and O–H groups in total. The minimum absolute atomic E-state index is 0.0173. The summed E-state index contributed by atoms with van der Waals surface area (Å²) in [4.78, 5) is 32.5. The Morgan fingerprint density at radius 2 is 1.47 bits per heavy atom. The normalized spacial score (nSPS) is 41.0. The summed E-state index contributed by atoms with van der Waals surface area (Å²) in [5, 5.41) is 25.7. The van der Waals surface area contributed by atoms with Gasteiger partial charge in [-0.1, -0.05) is 53.8 Å². The van der Waals surface area contributed by atoms with Crippen LogP contribution in [0.2, 0.25) is 0 Å². The number of carbonyl (C=O) groups is 2. The van der Waals surface area contributed by atoms with E-state index in [1.165, 1.54) is 31.2 Å². The Hall–Kier alpha value is -2.05. The second kappa shape index (κ2) is 9.88. The molecule has 8 atom stereocenters. The summed E-state index contributed by atoms with van der Waals surface area (Å²) in [6.45, 7) is 5.93. The van der Waals surface area contributed by atoms with E-state index in [9.17, 15) is 19.8 Å². The molecule has 9 aliphatic rings. The molecule has 0 aromatic heterocycles. The number of benzene rings is 2. The van der Waals surface area contributed by atoms with Crippen molar-refractivity contribution in [1.82, 2.24) is 9.80 Å². The number of piperidine rings is 1. The lowest BCUT2D eigenvalue weighted by atomic mass is 9.49. The minimum atomic E-state index is -1.11. The zero-order valence-electron chi connectivity index (χ0n) is 28.2. The van der Waals surface area contributed by atoms with Crippen molar-refractivity contribution in [3.63, 3.8) is 0 Å². The molecular weight excluding hydrogens is 731 g/mol. The average Bonchev–Trinajstić information content (AvgIpc) is 4.02. The molecule has 49 heavy (non-hydrogen) atoms. The van der Waals surface area contributed by atoms with Gasteiger partial charge in [-0.25, -0.2) is 0 Å². The van der Waals surface area contributed by atoms with Crippen molar-refractivity contribution in [2.75, 3.05) is 26.2 Å². The van der Waals surface area contributed by atoms with Crippen molar-refractivity contribution in [3.05, 3.63) is 46.5 Å². The maximum absolute atomic E-state index is 13.8. The second-order valence-electron chi connectivity index (χ2n) is 17.1. The van der Waals surface area contributed by atoms with Crippen LogP contribution in [-0.4, -0.2) is 93.3 Å². The molecule has 1 spiro atoms. The predicted molar refractivity (Wildman–Crippen MR) is 190 cm³/mol. The Labute approximate surface area is 301 Å². The van der Waals surface area contributed by atoms with Gasteiger partial charge in [0.25, 0.3) is 0 Å². The molecule has 9 heteroatoms. The van der Waals surface area contributed by atoms with E-state index in [4.69, 9.17) is 9.47 Å². The van der Waals surface area contributed by atoms with Crippen LogP contribution in [0.1, 0.15) is 87.0 Å². The molecule has 258 valence electrons. The first-order valence-corrected chi connectivity index (χ1v) is 20.0. The minimum Gasteiger partial charge on any atom is -0.481 e. The quantitative estimate of drug-likeness (QED) is 0.311. The number of likely N-dealkylation sites (tertiary alicyclic amines) is 1. The summed E-state index contributed by atoms with van der Waals surface area (Å²) in [6, 6.07) is 8.53. The molecule has 6 aliphatic carbocycles. The van der Waals surface area contributed by atoms with Gasteiger partial charge in [0.05, 0.1) is 11.0 Å². The molecule has 1 saturated heterocycles. The van der Waals surface area contributed by atoms with Crippen LogP contribution >= 0.6 is 22.6 Å². The summed E-state index contributed by atoms with van der Waals surface area (Å²) >= 11 is 2.40. The number of likely N-dealkylation sites (N-methyl/N-ethyl adjacent to an activating group) is 1. The summed E-state index contributed by atoms with van der Waals surface area (Å²) in [6.07, 6.45) is 7.30. The fraction of sp³-hybridized carbons (Fsp3) is 0.650. The van der Waals surface area contributed by atoms with E-state index < -0.39 is 32.2 Å². The monoisotopic (exact) mass is 776 g/mol. The number of hydrogen-bond acceptors (Lipinski definition) is 8. The molecular formula is C40H45IN2O6.